The van der Waals surface area contributed by atoms with E-state index in [4.69, 9.17) is 9.15 Å². The van der Waals surface area contributed by atoms with Crippen LogP contribution < -0.4 is 5.32 Å². The lowest BCUT2D eigenvalue weighted by molar-refractivity contribution is 0.0987. The first-order chi connectivity index (χ1) is 12.2. The molecule has 0 aliphatic heterocycles. The van der Waals surface area contributed by atoms with Gasteiger partial charge in [0, 0.05) is 24.6 Å². The zero-order chi connectivity index (χ0) is 17.5. The maximum atomic E-state index is 12.2. The number of ether oxygens (including phenoxy) is 1. The molecule has 25 heavy (non-hydrogen) atoms. The van der Waals surface area contributed by atoms with Crippen LogP contribution in [0.2, 0.25) is 0 Å². The normalized spacial score (nSPS) is 9.96. The van der Waals surface area contributed by atoms with Gasteiger partial charge in [0.2, 0.25) is 0 Å². The number of carbonyl (C=O) groups excluding carboxylic acids is 1. The van der Waals surface area contributed by atoms with Crippen molar-refractivity contribution in [2.45, 2.75) is 6.61 Å². The molecule has 1 amide bonds. The lowest BCUT2D eigenvalue weighted by Crippen LogP contribution is -2.10. The van der Waals surface area contributed by atoms with E-state index in [1.807, 2.05) is 30.3 Å². The Hall–Kier alpha value is -3.36. The summed E-state index contributed by atoms with van der Waals surface area (Å²) in [4.78, 5) is 16.4. The van der Waals surface area contributed by atoms with Crippen molar-refractivity contribution >= 4 is 11.6 Å². The van der Waals surface area contributed by atoms with Crippen LogP contribution in [0.15, 0.2) is 65.2 Å². The Kier molecular flexibility index (Phi) is 5.25. The average Bonchev–Trinajstić information content (AvgIpc) is 3.10. The van der Waals surface area contributed by atoms with Gasteiger partial charge in [0.15, 0.2) is 5.76 Å². The zero-order valence-electron chi connectivity index (χ0n) is 13.7. The number of anilines is 1. The number of pyridine rings is 1. The largest absolute Gasteiger partial charge is 0.453 e. The van der Waals surface area contributed by atoms with E-state index in [0.717, 1.165) is 5.56 Å². The van der Waals surface area contributed by atoms with Crippen molar-refractivity contribution in [3.63, 3.8) is 0 Å². The van der Waals surface area contributed by atoms with Crippen molar-refractivity contribution in [2.75, 3.05) is 12.4 Å². The molecule has 3 aromatic rings. The smallest absolute Gasteiger partial charge is 0.291 e. The molecule has 5 nitrogen and oxygen atoms in total. The van der Waals surface area contributed by atoms with E-state index in [1.165, 1.54) is 0 Å². The third-order valence-electron chi connectivity index (χ3n) is 3.29. The summed E-state index contributed by atoms with van der Waals surface area (Å²) in [6.45, 7) is 0.325. The zero-order valence-corrected chi connectivity index (χ0v) is 13.7. The molecule has 0 unspecified atom stereocenters. The van der Waals surface area contributed by atoms with Crippen molar-refractivity contribution in [3.8, 4) is 11.8 Å². The maximum Gasteiger partial charge on any atom is 0.291 e. The molecule has 1 N–H and O–H groups in total. The summed E-state index contributed by atoms with van der Waals surface area (Å²) in [6.07, 6.45) is 1.70. The molecule has 1 aromatic carbocycles. The van der Waals surface area contributed by atoms with Crippen LogP contribution in [0.3, 0.4) is 0 Å². The lowest BCUT2D eigenvalue weighted by atomic mass is 10.2. The molecule has 124 valence electrons. The molecule has 3 rings (SSSR count). The minimum atomic E-state index is -0.322. The first-order valence-corrected chi connectivity index (χ1v) is 7.67. The van der Waals surface area contributed by atoms with Crippen LogP contribution in [0.1, 0.15) is 27.6 Å². The van der Waals surface area contributed by atoms with E-state index in [1.54, 1.807) is 37.6 Å². The SMILES string of the molecule is COCc1ccc(C(=O)Nc2cccc(C#Cc3ccccn3)c2)o1. The molecular formula is C20H16N2O3. The van der Waals surface area contributed by atoms with E-state index < -0.39 is 0 Å². The fourth-order valence-electron chi connectivity index (χ4n) is 2.16. The van der Waals surface area contributed by atoms with Gasteiger partial charge < -0.3 is 14.5 Å². The van der Waals surface area contributed by atoms with E-state index in [-0.39, 0.29) is 11.7 Å². The summed E-state index contributed by atoms with van der Waals surface area (Å²) in [6, 6.07) is 16.2. The molecule has 0 spiro atoms. The molecule has 2 aromatic heterocycles. The maximum absolute atomic E-state index is 12.2. The highest BCUT2D eigenvalue weighted by molar-refractivity contribution is 6.02. The number of rotatable bonds is 4. The Morgan fingerprint density at radius 2 is 2.08 bits per heavy atom. The summed E-state index contributed by atoms with van der Waals surface area (Å²) in [5.74, 6) is 6.53. The Morgan fingerprint density at radius 1 is 1.16 bits per heavy atom. The van der Waals surface area contributed by atoms with Crippen molar-refractivity contribution in [2.24, 2.45) is 0 Å². The van der Waals surface area contributed by atoms with E-state index in [2.05, 4.69) is 22.1 Å². The van der Waals surface area contributed by atoms with Gasteiger partial charge in [-0.15, -0.1) is 0 Å². The second-order valence-electron chi connectivity index (χ2n) is 5.20. The highest BCUT2D eigenvalue weighted by Crippen LogP contribution is 2.14. The van der Waals surface area contributed by atoms with Gasteiger partial charge in [-0.25, -0.2) is 4.98 Å². The number of aromatic nitrogens is 1. The average molecular weight is 332 g/mol. The summed E-state index contributed by atoms with van der Waals surface area (Å²) in [5, 5.41) is 2.80. The fourth-order valence-corrected chi connectivity index (χ4v) is 2.16. The summed E-state index contributed by atoms with van der Waals surface area (Å²) >= 11 is 0. The minimum absolute atomic E-state index is 0.233. The first kappa shape index (κ1) is 16.5. The number of nitrogens with one attached hydrogen (secondary N) is 1. The molecular weight excluding hydrogens is 316 g/mol. The van der Waals surface area contributed by atoms with Gasteiger partial charge in [0.25, 0.3) is 5.91 Å². The predicted octanol–water partition coefficient (Wildman–Crippen LogP) is 3.47. The van der Waals surface area contributed by atoms with E-state index in [0.29, 0.717) is 23.7 Å². The molecule has 0 fully saturated rings. The van der Waals surface area contributed by atoms with Crippen LogP contribution in [0.25, 0.3) is 0 Å². The summed E-state index contributed by atoms with van der Waals surface area (Å²) in [7, 11) is 1.57. The van der Waals surface area contributed by atoms with Gasteiger partial charge in [-0.1, -0.05) is 18.1 Å². The van der Waals surface area contributed by atoms with Crippen molar-refractivity contribution in [1.82, 2.24) is 4.98 Å². The van der Waals surface area contributed by atoms with Crippen LogP contribution in [-0.4, -0.2) is 18.0 Å². The number of benzene rings is 1. The predicted molar refractivity (Wildman–Crippen MR) is 94.0 cm³/mol. The Bertz CT molecular complexity index is 921. The van der Waals surface area contributed by atoms with Crippen LogP contribution in [0.5, 0.6) is 0 Å². The summed E-state index contributed by atoms with van der Waals surface area (Å²) in [5.41, 5.74) is 2.11. The highest BCUT2D eigenvalue weighted by Gasteiger charge is 2.11. The third-order valence-corrected chi connectivity index (χ3v) is 3.29. The lowest BCUT2D eigenvalue weighted by Gasteiger charge is -2.03. The van der Waals surface area contributed by atoms with Crippen LogP contribution in [0, 0.1) is 11.8 Å². The second-order valence-corrected chi connectivity index (χ2v) is 5.20. The molecule has 0 aliphatic rings. The van der Waals surface area contributed by atoms with Crippen LogP contribution in [-0.2, 0) is 11.3 Å². The van der Waals surface area contributed by atoms with Gasteiger partial charge in [-0.05, 0) is 48.4 Å². The van der Waals surface area contributed by atoms with Crippen molar-refractivity contribution < 1.29 is 13.9 Å². The van der Waals surface area contributed by atoms with Gasteiger partial charge >= 0.3 is 0 Å². The summed E-state index contributed by atoms with van der Waals surface area (Å²) < 4.78 is 10.4. The van der Waals surface area contributed by atoms with E-state index in [9.17, 15) is 4.79 Å². The molecule has 0 atom stereocenters. The van der Waals surface area contributed by atoms with Gasteiger partial charge in [0.1, 0.15) is 18.1 Å². The Balaban J connectivity index is 1.71. The van der Waals surface area contributed by atoms with Crippen LogP contribution in [0.4, 0.5) is 5.69 Å². The number of hydrogen-bond donors (Lipinski definition) is 1. The topological polar surface area (TPSA) is 64.4 Å². The molecule has 0 bridgehead atoms. The quantitative estimate of drug-likeness (QED) is 0.743. The Morgan fingerprint density at radius 3 is 2.88 bits per heavy atom. The fraction of sp³-hybridized carbons (Fsp3) is 0.100. The standard InChI is InChI=1S/C20H16N2O3/c1-24-14-18-10-11-19(25-18)20(23)22-17-7-4-5-15(13-17)8-9-16-6-2-3-12-21-16/h2-7,10-13H,14H2,1H3,(H,22,23). The van der Waals surface area contributed by atoms with Crippen molar-refractivity contribution in [1.29, 1.82) is 0 Å². The molecule has 0 radical (unpaired) electrons. The Labute approximate surface area is 145 Å². The van der Waals surface area contributed by atoms with E-state index >= 15 is 0 Å². The highest BCUT2D eigenvalue weighted by atomic mass is 16.5. The minimum Gasteiger partial charge on any atom is -0.453 e. The van der Waals surface area contributed by atoms with Gasteiger partial charge in [-0.3, -0.25) is 4.79 Å². The number of carbonyl (C=O) groups is 1. The number of furan rings is 1. The second kappa shape index (κ2) is 7.95. The number of hydrogen-bond acceptors (Lipinski definition) is 4. The monoisotopic (exact) mass is 332 g/mol. The molecule has 0 saturated carbocycles. The number of methoxy groups -OCH3 is 1. The van der Waals surface area contributed by atoms with Crippen LogP contribution >= 0.6 is 0 Å². The number of amides is 1. The van der Waals surface area contributed by atoms with Gasteiger partial charge in [-0.2, -0.15) is 0 Å². The van der Waals surface area contributed by atoms with Gasteiger partial charge in [0.05, 0.1) is 0 Å². The first-order valence-electron chi connectivity index (χ1n) is 7.67. The molecule has 5 heteroatoms. The molecule has 0 saturated heterocycles. The third kappa shape index (κ3) is 4.56. The molecule has 2 heterocycles. The molecule has 0 aliphatic carbocycles. The van der Waals surface area contributed by atoms with Crippen molar-refractivity contribution in [3.05, 3.63) is 83.6 Å². The number of nitrogens with zero attached hydrogens (tertiary/aromatic N) is 1.